The average molecular weight is 255 g/mol. The number of rotatable bonds is 4. The lowest BCUT2D eigenvalue weighted by atomic mass is 10.1. The fourth-order valence-corrected chi connectivity index (χ4v) is 2.45. The number of hydrogen-bond acceptors (Lipinski definition) is 4. The number of nitrogens with one attached hydrogen (secondary N) is 2. The lowest BCUT2D eigenvalue weighted by molar-refractivity contribution is 0.772. The maximum Gasteiger partial charge on any atom is 0.139 e. The van der Waals surface area contributed by atoms with Gasteiger partial charge in [-0.3, -0.25) is 0 Å². The molecule has 5 heteroatoms. The molecule has 0 heterocycles. The van der Waals surface area contributed by atoms with Crippen molar-refractivity contribution in [2.45, 2.75) is 38.9 Å². The summed E-state index contributed by atoms with van der Waals surface area (Å²) in [6.07, 6.45) is 2.44. The highest BCUT2D eigenvalue weighted by molar-refractivity contribution is 8.24. The summed E-state index contributed by atoms with van der Waals surface area (Å²) >= 11 is 6.50. The van der Waals surface area contributed by atoms with E-state index < -0.39 is 4.75 Å². The Hall–Kier alpha value is -0.860. The first-order chi connectivity index (χ1) is 7.33. The third-order valence-electron chi connectivity index (χ3n) is 1.96. The van der Waals surface area contributed by atoms with Crippen LogP contribution in [0.1, 0.15) is 34.1 Å². The van der Waals surface area contributed by atoms with Gasteiger partial charge in [-0.05, 0) is 33.3 Å². The van der Waals surface area contributed by atoms with Gasteiger partial charge < -0.3 is 10.7 Å². The third kappa shape index (κ3) is 5.89. The Kier molecular flexibility index (Phi) is 6.31. The highest BCUT2D eigenvalue weighted by Gasteiger charge is 2.24. The molecule has 1 atom stereocenters. The first-order valence-electron chi connectivity index (χ1n) is 4.97. The molecular weight excluding hydrogens is 238 g/mol. The monoisotopic (exact) mass is 255 g/mol. The lowest BCUT2D eigenvalue weighted by Crippen LogP contribution is -2.25. The number of nitriles is 1. The second-order valence-electron chi connectivity index (χ2n) is 3.72. The Morgan fingerprint density at radius 1 is 1.62 bits per heavy atom. The molecular formula is C11H17N3S2. The topological polar surface area (TPSA) is 59.7 Å². The molecule has 0 aromatic rings. The molecule has 0 aliphatic heterocycles. The standard InChI is InChI=1S/C11H17N3S2/c1-5-11(4,7-12)16-10(15)14-9(3)6-8(2)13/h6,13H,5H2,1-4H3,(H,14,15)/b9-6-,13-8?. The van der Waals surface area contributed by atoms with E-state index in [2.05, 4.69) is 11.4 Å². The zero-order valence-electron chi connectivity index (χ0n) is 10.0. The first-order valence-corrected chi connectivity index (χ1v) is 6.20. The molecule has 1 unspecified atom stereocenters. The van der Waals surface area contributed by atoms with Crippen molar-refractivity contribution in [3.63, 3.8) is 0 Å². The molecule has 3 nitrogen and oxygen atoms in total. The van der Waals surface area contributed by atoms with E-state index >= 15 is 0 Å². The smallest absolute Gasteiger partial charge is 0.139 e. The van der Waals surface area contributed by atoms with Crippen LogP contribution in [0.5, 0.6) is 0 Å². The fourth-order valence-electron chi connectivity index (χ4n) is 0.926. The van der Waals surface area contributed by atoms with Crippen molar-refractivity contribution in [3.05, 3.63) is 11.8 Å². The second-order valence-corrected chi connectivity index (χ2v) is 5.90. The van der Waals surface area contributed by atoms with Crippen LogP contribution in [0.4, 0.5) is 0 Å². The maximum atomic E-state index is 9.01. The predicted octanol–water partition coefficient (Wildman–Crippen LogP) is 3.23. The lowest BCUT2D eigenvalue weighted by Gasteiger charge is -2.19. The van der Waals surface area contributed by atoms with Gasteiger partial charge in [-0.2, -0.15) is 5.26 Å². The molecule has 0 radical (unpaired) electrons. The second kappa shape index (κ2) is 6.66. The quantitative estimate of drug-likeness (QED) is 0.598. The Bertz CT molecular complexity index is 355. The SMILES string of the molecule is CCC(C)(C#N)SC(=S)N/C(C)=C\C(C)=N. The van der Waals surface area contributed by atoms with Crippen molar-refractivity contribution in [2.24, 2.45) is 0 Å². The van der Waals surface area contributed by atoms with E-state index in [1.54, 1.807) is 13.0 Å². The highest BCUT2D eigenvalue weighted by atomic mass is 32.2. The van der Waals surface area contributed by atoms with Gasteiger partial charge in [-0.25, -0.2) is 0 Å². The predicted molar refractivity (Wildman–Crippen MR) is 74.8 cm³/mol. The largest absolute Gasteiger partial charge is 0.345 e. The number of thioether (sulfide) groups is 1. The van der Waals surface area contributed by atoms with Crippen LogP contribution >= 0.6 is 24.0 Å². The average Bonchev–Trinajstić information content (AvgIpc) is 2.15. The minimum Gasteiger partial charge on any atom is -0.345 e. The molecule has 0 amide bonds. The normalized spacial score (nSPS) is 14.8. The zero-order chi connectivity index (χ0) is 12.8. The Morgan fingerprint density at radius 3 is 2.56 bits per heavy atom. The van der Waals surface area contributed by atoms with Gasteiger partial charge in [0.25, 0.3) is 0 Å². The summed E-state index contributed by atoms with van der Waals surface area (Å²) in [5.41, 5.74) is 1.29. The molecule has 0 aromatic heterocycles. The van der Waals surface area contributed by atoms with E-state index in [1.807, 2.05) is 20.8 Å². The molecule has 0 saturated heterocycles. The van der Waals surface area contributed by atoms with Crippen LogP contribution < -0.4 is 5.32 Å². The van der Waals surface area contributed by atoms with Crippen molar-refractivity contribution in [3.8, 4) is 6.07 Å². The van der Waals surface area contributed by atoms with Crippen LogP contribution in [0.2, 0.25) is 0 Å². The molecule has 16 heavy (non-hydrogen) atoms. The van der Waals surface area contributed by atoms with Crippen molar-refractivity contribution in [2.75, 3.05) is 0 Å². The van der Waals surface area contributed by atoms with E-state index in [-0.39, 0.29) is 0 Å². The van der Waals surface area contributed by atoms with Gasteiger partial charge in [0.05, 0.1) is 6.07 Å². The summed E-state index contributed by atoms with van der Waals surface area (Å²) in [4.78, 5) is 0. The van der Waals surface area contributed by atoms with Crippen molar-refractivity contribution < 1.29 is 0 Å². The zero-order valence-corrected chi connectivity index (χ0v) is 11.7. The van der Waals surface area contributed by atoms with E-state index in [9.17, 15) is 0 Å². The van der Waals surface area contributed by atoms with E-state index in [1.165, 1.54) is 11.8 Å². The summed E-state index contributed by atoms with van der Waals surface area (Å²) in [5.74, 6) is 0. The highest BCUT2D eigenvalue weighted by Crippen LogP contribution is 2.28. The summed E-state index contributed by atoms with van der Waals surface area (Å²) in [7, 11) is 0. The number of thiocarbonyl (C=S) groups is 1. The molecule has 88 valence electrons. The molecule has 0 aliphatic carbocycles. The number of allylic oxidation sites excluding steroid dienone is 2. The molecule has 0 bridgehead atoms. The van der Waals surface area contributed by atoms with Crippen molar-refractivity contribution in [1.82, 2.24) is 5.32 Å². The summed E-state index contributed by atoms with van der Waals surface area (Å²) in [6.45, 7) is 7.38. The van der Waals surface area contributed by atoms with Crippen molar-refractivity contribution in [1.29, 1.82) is 10.7 Å². The van der Waals surface area contributed by atoms with E-state index in [0.717, 1.165) is 12.1 Å². The molecule has 0 aromatic carbocycles. The van der Waals surface area contributed by atoms with Crippen LogP contribution in [0.15, 0.2) is 11.8 Å². The molecule has 0 fully saturated rings. The van der Waals surface area contributed by atoms with Crippen LogP contribution in [-0.2, 0) is 0 Å². The van der Waals surface area contributed by atoms with Gasteiger partial charge in [-0.15, -0.1) is 0 Å². The molecule has 0 spiro atoms. The Morgan fingerprint density at radius 2 is 2.19 bits per heavy atom. The number of nitrogens with zero attached hydrogens (tertiary/aromatic N) is 1. The Labute approximate surface area is 107 Å². The van der Waals surface area contributed by atoms with Crippen LogP contribution in [0.3, 0.4) is 0 Å². The minimum atomic E-state index is -0.482. The van der Waals surface area contributed by atoms with Crippen LogP contribution in [0, 0.1) is 16.7 Å². The van der Waals surface area contributed by atoms with Gasteiger partial charge >= 0.3 is 0 Å². The summed E-state index contributed by atoms with van der Waals surface area (Å²) in [6, 6.07) is 2.25. The van der Waals surface area contributed by atoms with Gasteiger partial charge in [0.15, 0.2) is 0 Å². The molecule has 0 aliphatic rings. The maximum absolute atomic E-state index is 9.01. The van der Waals surface area contributed by atoms with Crippen molar-refractivity contribution >= 4 is 34.0 Å². The minimum absolute atomic E-state index is 0.469. The van der Waals surface area contributed by atoms with Crippen LogP contribution in [0.25, 0.3) is 0 Å². The van der Waals surface area contributed by atoms with E-state index in [4.69, 9.17) is 22.9 Å². The fraction of sp³-hybridized carbons (Fsp3) is 0.545. The Balaban J connectivity index is 4.41. The first kappa shape index (κ1) is 15.1. The van der Waals surface area contributed by atoms with Gasteiger partial charge in [-0.1, -0.05) is 30.9 Å². The summed E-state index contributed by atoms with van der Waals surface area (Å²) < 4.78 is 0.0882. The molecule has 0 rings (SSSR count). The van der Waals surface area contributed by atoms with E-state index in [0.29, 0.717) is 10.0 Å². The van der Waals surface area contributed by atoms with Gasteiger partial charge in [0.1, 0.15) is 9.07 Å². The summed E-state index contributed by atoms with van der Waals surface area (Å²) in [5, 5.41) is 19.3. The molecule has 2 N–H and O–H groups in total. The third-order valence-corrected chi connectivity index (χ3v) is 3.43. The van der Waals surface area contributed by atoms with Gasteiger partial charge in [0, 0.05) is 11.4 Å². The van der Waals surface area contributed by atoms with Gasteiger partial charge in [0.2, 0.25) is 0 Å². The number of hydrogen-bond donors (Lipinski definition) is 2. The molecule has 0 saturated carbocycles. The van der Waals surface area contributed by atoms with Crippen LogP contribution in [-0.4, -0.2) is 14.8 Å².